The second-order valence-corrected chi connectivity index (χ2v) is 10.0. The topological polar surface area (TPSA) is 101 Å². The van der Waals surface area contributed by atoms with E-state index in [9.17, 15) is 18.0 Å². The van der Waals surface area contributed by atoms with E-state index in [0.29, 0.717) is 23.6 Å². The first-order valence-corrected chi connectivity index (χ1v) is 12.5. The molecule has 0 saturated carbocycles. The number of hydrogen-bond donors (Lipinski definition) is 1. The van der Waals surface area contributed by atoms with Crippen LogP contribution in [0.3, 0.4) is 0 Å². The molecule has 3 aromatic rings. The number of nitrogens with zero attached hydrogens (tertiary/aromatic N) is 3. The van der Waals surface area contributed by atoms with Crippen LogP contribution in [0.1, 0.15) is 31.1 Å². The largest absolute Gasteiger partial charge is 0.326 e. The van der Waals surface area contributed by atoms with Crippen molar-refractivity contribution in [3.05, 3.63) is 52.8 Å². The molecular weight excluding hydrogens is 460 g/mol. The van der Waals surface area contributed by atoms with E-state index in [4.69, 9.17) is 6.42 Å². The summed E-state index contributed by atoms with van der Waals surface area (Å²) in [5, 5.41) is 2.73. The number of nitrogens with one attached hydrogen (secondary N) is 1. The van der Waals surface area contributed by atoms with Gasteiger partial charge in [-0.25, -0.2) is 8.42 Å². The number of fused-ring (bicyclic) bond motifs is 1. The highest BCUT2D eigenvalue weighted by molar-refractivity contribution is 7.89. The summed E-state index contributed by atoms with van der Waals surface area (Å²) in [6, 6.07) is 11.1. The summed E-state index contributed by atoms with van der Waals surface area (Å²) in [6.07, 6.45) is 5.51. The minimum absolute atomic E-state index is 0.123. The number of anilines is 1. The van der Waals surface area contributed by atoms with Crippen LogP contribution in [0.25, 0.3) is 10.2 Å². The van der Waals surface area contributed by atoms with E-state index in [1.54, 1.807) is 30.5 Å². The lowest BCUT2D eigenvalue weighted by Gasteiger charge is -2.18. The van der Waals surface area contributed by atoms with Crippen molar-refractivity contribution in [2.75, 3.05) is 18.4 Å². The van der Waals surface area contributed by atoms with Crippen molar-refractivity contribution in [3.8, 4) is 12.3 Å². The fourth-order valence-electron chi connectivity index (χ4n) is 3.32. The van der Waals surface area contributed by atoms with Gasteiger partial charge >= 0.3 is 0 Å². The van der Waals surface area contributed by atoms with E-state index >= 15 is 0 Å². The molecule has 2 amide bonds. The van der Waals surface area contributed by atoms with Gasteiger partial charge in [-0.1, -0.05) is 31.1 Å². The fourth-order valence-corrected chi connectivity index (χ4v) is 5.84. The highest BCUT2D eigenvalue weighted by Gasteiger charge is 2.21. The van der Waals surface area contributed by atoms with E-state index in [1.165, 1.54) is 46.8 Å². The molecule has 8 nitrogen and oxygen atoms in total. The van der Waals surface area contributed by atoms with Gasteiger partial charge < -0.3 is 9.88 Å². The van der Waals surface area contributed by atoms with Crippen molar-refractivity contribution >= 4 is 49.1 Å². The average Bonchev–Trinajstić information content (AvgIpc) is 3.10. The number of thiazole rings is 1. The van der Waals surface area contributed by atoms with Crippen molar-refractivity contribution in [1.82, 2.24) is 8.87 Å². The van der Waals surface area contributed by atoms with E-state index in [-0.39, 0.29) is 22.9 Å². The minimum atomic E-state index is -3.61. The van der Waals surface area contributed by atoms with Crippen LogP contribution in [0.5, 0.6) is 0 Å². The maximum atomic E-state index is 12.8. The normalized spacial score (nSPS) is 12.2. The molecule has 0 bridgehead atoms. The molecule has 2 aromatic carbocycles. The molecule has 33 heavy (non-hydrogen) atoms. The molecule has 0 fully saturated rings. The molecule has 1 aromatic heterocycles. The molecule has 0 spiro atoms. The van der Waals surface area contributed by atoms with Gasteiger partial charge in [-0.3, -0.25) is 9.59 Å². The van der Waals surface area contributed by atoms with Crippen molar-refractivity contribution in [3.63, 3.8) is 0 Å². The lowest BCUT2D eigenvalue weighted by Crippen LogP contribution is -2.30. The summed E-state index contributed by atoms with van der Waals surface area (Å²) in [4.78, 5) is 28.9. The van der Waals surface area contributed by atoms with Gasteiger partial charge in [0.1, 0.15) is 0 Å². The summed E-state index contributed by atoms with van der Waals surface area (Å²) >= 11 is 1.27. The smallest absolute Gasteiger partial charge is 0.279 e. The Morgan fingerprint density at radius 3 is 2.39 bits per heavy atom. The van der Waals surface area contributed by atoms with Gasteiger partial charge in [0.25, 0.3) is 5.91 Å². The lowest BCUT2D eigenvalue weighted by atomic mass is 10.2. The van der Waals surface area contributed by atoms with E-state index in [1.807, 2.05) is 6.07 Å². The van der Waals surface area contributed by atoms with Crippen molar-refractivity contribution in [2.24, 2.45) is 4.99 Å². The predicted molar refractivity (Wildman–Crippen MR) is 129 cm³/mol. The summed E-state index contributed by atoms with van der Waals surface area (Å²) in [7, 11) is -3.61. The lowest BCUT2D eigenvalue weighted by molar-refractivity contribution is -0.114. The maximum absolute atomic E-state index is 12.8. The number of amides is 2. The predicted octanol–water partition coefficient (Wildman–Crippen LogP) is 3.07. The van der Waals surface area contributed by atoms with Gasteiger partial charge in [0.2, 0.25) is 15.9 Å². The van der Waals surface area contributed by atoms with E-state index in [0.717, 1.165) is 10.2 Å². The first-order valence-electron chi connectivity index (χ1n) is 10.2. The molecule has 0 saturated heterocycles. The minimum Gasteiger partial charge on any atom is -0.326 e. The summed E-state index contributed by atoms with van der Waals surface area (Å²) in [5.41, 5.74) is 1.68. The third-order valence-electron chi connectivity index (χ3n) is 4.89. The van der Waals surface area contributed by atoms with Crippen molar-refractivity contribution < 1.29 is 18.0 Å². The molecule has 172 valence electrons. The Bertz CT molecular complexity index is 1410. The Hall–Kier alpha value is -3.26. The quantitative estimate of drug-likeness (QED) is 0.521. The zero-order valence-electron chi connectivity index (χ0n) is 18.5. The number of benzene rings is 2. The summed E-state index contributed by atoms with van der Waals surface area (Å²) < 4.78 is 29.2. The van der Waals surface area contributed by atoms with Crippen LogP contribution in [0, 0.1) is 12.3 Å². The van der Waals surface area contributed by atoms with Gasteiger partial charge in [0.15, 0.2) is 4.80 Å². The van der Waals surface area contributed by atoms with Gasteiger partial charge in [0.05, 0.1) is 21.7 Å². The number of hydrogen-bond acceptors (Lipinski definition) is 5. The standard InChI is InChI=1S/C23H24N4O4S2/c1-5-14-27-20-13-10-18(24-16(4)28)15-21(20)32-23(27)25-22(29)17-8-11-19(12-9-17)33(30,31)26(6-2)7-3/h1,8-13,15H,6-7,14H2,2-4H3,(H,24,28). The third kappa shape index (κ3) is 5.22. The number of rotatable bonds is 7. The molecule has 0 atom stereocenters. The molecule has 0 unspecified atom stereocenters. The molecule has 0 aliphatic heterocycles. The Kier molecular flexibility index (Phi) is 7.48. The van der Waals surface area contributed by atoms with Crippen molar-refractivity contribution in [1.29, 1.82) is 0 Å². The second-order valence-electron chi connectivity index (χ2n) is 7.07. The molecule has 3 rings (SSSR count). The molecule has 10 heteroatoms. The van der Waals surface area contributed by atoms with Gasteiger partial charge in [-0.2, -0.15) is 9.30 Å². The van der Waals surface area contributed by atoms with Crippen LogP contribution in [0.15, 0.2) is 52.4 Å². The number of aromatic nitrogens is 1. The van der Waals surface area contributed by atoms with Crippen LogP contribution in [0.2, 0.25) is 0 Å². The first-order chi connectivity index (χ1) is 15.7. The number of terminal acetylenes is 1. The van der Waals surface area contributed by atoms with Crippen LogP contribution in [-0.2, 0) is 21.4 Å². The molecule has 1 N–H and O–H groups in total. The molecule has 0 aliphatic rings. The Balaban J connectivity index is 1.99. The van der Waals surface area contributed by atoms with Gasteiger partial charge in [0, 0.05) is 31.3 Å². The fraction of sp³-hybridized carbons (Fsp3) is 0.261. The Morgan fingerprint density at radius 2 is 1.82 bits per heavy atom. The molecular formula is C23H24N4O4S2. The highest BCUT2D eigenvalue weighted by Crippen LogP contribution is 2.22. The summed E-state index contributed by atoms with van der Waals surface area (Å²) in [6.45, 7) is 5.90. The Labute approximate surface area is 196 Å². The Morgan fingerprint density at radius 1 is 1.15 bits per heavy atom. The zero-order chi connectivity index (χ0) is 24.2. The maximum Gasteiger partial charge on any atom is 0.279 e. The monoisotopic (exact) mass is 484 g/mol. The summed E-state index contributed by atoms with van der Waals surface area (Å²) in [5.74, 6) is 1.87. The number of sulfonamides is 1. The van der Waals surface area contributed by atoms with Gasteiger partial charge in [-0.15, -0.1) is 6.42 Å². The van der Waals surface area contributed by atoms with Crippen LogP contribution < -0.4 is 10.1 Å². The second kappa shape index (κ2) is 10.1. The van der Waals surface area contributed by atoms with Crippen LogP contribution in [0.4, 0.5) is 5.69 Å². The third-order valence-corrected chi connectivity index (χ3v) is 8.00. The first kappa shape index (κ1) is 24.4. The molecule has 0 radical (unpaired) electrons. The number of carbonyl (C=O) groups excluding carboxylic acids is 2. The number of carbonyl (C=O) groups is 2. The van der Waals surface area contributed by atoms with Gasteiger partial charge in [-0.05, 0) is 42.5 Å². The molecule has 1 heterocycles. The van der Waals surface area contributed by atoms with Crippen LogP contribution in [-0.4, -0.2) is 42.2 Å². The van der Waals surface area contributed by atoms with Crippen LogP contribution >= 0.6 is 11.3 Å². The van der Waals surface area contributed by atoms with E-state index in [2.05, 4.69) is 16.2 Å². The average molecular weight is 485 g/mol. The molecule has 0 aliphatic carbocycles. The van der Waals surface area contributed by atoms with E-state index < -0.39 is 15.9 Å². The van der Waals surface area contributed by atoms with Crippen molar-refractivity contribution in [2.45, 2.75) is 32.2 Å². The highest BCUT2D eigenvalue weighted by atomic mass is 32.2. The SMILES string of the molecule is C#CCn1c(=NC(=O)c2ccc(S(=O)(=O)N(CC)CC)cc2)sc2cc(NC(C)=O)ccc21. The zero-order valence-corrected chi connectivity index (χ0v) is 20.2.